The fraction of sp³-hybridized carbons (Fsp3) is 1.00. The van der Waals surface area contributed by atoms with E-state index < -0.39 is 26.0 Å². The molecule has 0 aromatic heterocycles. The van der Waals surface area contributed by atoms with Gasteiger partial charge in [-0.25, -0.2) is 0 Å². The van der Waals surface area contributed by atoms with Gasteiger partial charge in [0.2, 0.25) is 0 Å². The maximum atomic E-state index is 8.70. The van der Waals surface area contributed by atoms with Crippen molar-refractivity contribution in [1.29, 1.82) is 0 Å². The highest BCUT2D eigenvalue weighted by molar-refractivity contribution is 7.31. The van der Waals surface area contributed by atoms with Crippen LogP contribution in [0.2, 0.25) is 0 Å². The van der Waals surface area contributed by atoms with Gasteiger partial charge in [0, 0.05) is 30.5 Å². The summed E-state index contributed by atoms with van der Waals surface area (Å²) in [6.07, 6.45) is 0. The Labute approximate surface area is 90.1 Å². The summed E-state index contributed by atoms with van der Waals surface area (Å²) in [7, 11) is -2.69. The molecule has 0 radical (unpaired) electrons. The number of hydrogen-bond donors (Lipinski definition) is 4. The average molecular weight is 284 g/mol. The van der Waals surface area contributed by atoms with Gasteiger partial charge in [-0.3, -0.25) is 0 Å². The van der Waals surface area contributed by atoms with Gasteiger partial charge >= 0.3 is 26.0 Å². The van der Waals surface area contributed by atoms with Crippen LogP contribution in [0, 0.1) is 0 Å². The summed E-state index contributed by atoms with van der Waals surface area (Å²) in [5.41, 5.74) is 0. The second-order valence-corrected chi connectivity index (χ2v) is 4.50. The van der Waals surface area contributed by atoms with Crippen molar-refractivity contribution in [2.24, 2.45) is 0 Å². The lowest BCUT2D eigenvalue weighted by atomic mass is 11.8. The predicted molar refractivity (Wildman–Crippen MR) is 52.3 cm³/mol. The molecule has 4 N–H and O–H groups in total. The van der Waals surface area contributed by atoms with Crippen LogP contribution in [0.5, 0.6) is 0 Å². The molecule has 0 aliphatic carbocycles. The third-order valence-corrected chi connectivity index (χ3v) is 1.73. The first kappa shape index (κ1) is 20.5. The smallest absolute Gasteiger partial charge is 0.379 e. The highest BCUT2D eigenvalue weighted by Crippen LogP contribution is 1.98. The fourth-order valence-electron chi connectivity index (χ4n) is 0.289. The average Bonchev–Trinajstić information content (AvgIpc) is 2.05. The zero-order chi connectivity index (χ0) is 12.9. The largest absolute Gasteiger partial charge is 0.692 e. The second kappa shape index (κ2) is 16.6. The molecular weight excluding hydrogens is 270 g/mol. The normalized spacial score (nSPS) is 8.27. The van der Waals surface area contributed by atoms with Crippen molar-refractivity contribution in [3.63, 3.8) is 0 Å². The van der Waals surface area contributed by atoms with E-state index in [1.165, 1.54) is 0 Å². The van der Waals surface area contributed by atoms with Gasteiger partial charge in [-0.05, 0) is 0 Å². The van der Waals surface area contributed by atoms with Gasteiger partial charge in [0.25, 0.3) is 0 Å². The molecule has 0 amide bonds. The molecule has 0 aromatic rings. The molecule has 0 aromatic carbocycles. The second-order valence-electron chi connectivity index (χ2n) is 1.50. The molecule has 0 saturated carbocycles. The Balaban J connectivity index is -0.000000155. The minimum Gasteiger partial charge on any atom is -0.379 e. The zero-order valence-electron chi connectivity index (χ0n) is 8.30. The van der Waals surface area contributed by atoms with Crippen LogP contribution in [-0.4, -0.2) is 50.4 Å². The van der Waals surface area contributed by atoms with E-state index in [9.17, 15) is 0 Å². The molecule has 0 bridgehead atoms. The highest BCUT2D eigenvalue weighted by atomic mass is 31.1. The van der Waals surface area contributed by atoms with Crippen molar-refractivity contribution in [3.8, 4) is 0 Å². The van der Waals surface area contributed by atoms with Crippen molar-refractivity contribution in [1.82, 2.24) is 0 Å². The Morgan fingerprint density at radius 3 is 0.933 bits per heavy atom. The minimum absolute atomic E-state index is 1.57. The van der Waals surface area contributed by atoms with E-state index in [1.807, 2.05) is 0 Å². The molecule has 0 heterocycles. The standard InChI is InChI=1S/C3H10O3Si.2HO3P/c1-4-7(5-2)6-3;2*1-4(2)3/h7H,1-3H3;2*(H-,1,2,3)/p+2. The summed E-state index contributed by atoms with van der Waals surface area (Å²) in [5.74, 6) is 0. The Bertz CT molecular complexity index is 136. The Hall–Kier alpha value is 0.137. The lowest BCUT2D eigenvalue weighted by Crippen LogP contribution is -2.21. The van der Waals surface area contributed by atoms with Crippen LogP contribution in [0.25, 0.3) is 0 Å². The molecule has 92 valence electrons. The van der Waals surface area contributed by atoms with Crippen molar-refractivity contribution in [2.45, 2.75) is 0 Å². The lowest BCUT2D eigenvalue weighted by molar-refractivity contribution is 0.163. The van der Waals surface area contributed by atoms with E-state index in [2.05, 4.69) is 0 Å². The molecular formula is C3H14O9P2Si+2. The van der Waals surface area contributed by atoms with Gasteiger partial charge in [-0.1, -0.05) is 0 Å². The topological polar surface area (TPSA) is 143 Å². The molecule has 0 fully saturated rings. The fourth-order valence-corrected chi connectivity index (χ4v) is 0.866. The Morgan fingerprint density at radius 2 is 0.933 bits per heavy atom. The maximum absolute atomic E-state index is 8.70. The molecule has 12 heteroatoms. The molecule has 0 rings (SSSR count). The molecule has 0 unspecified atom stereocenters. The molecule has 0 aliphatic rings. The van der Waals surface area contributed by atoms with Crippen molar-refractivity contribution in [2.75, 3.05) is 21.3 Å². The van der Waals surface area contributed by atoms with E-state index in [4.69, 9.17) is 42.0 Å². The maximum Gasteiger partial charge on any atom is 0.692 e. The molecule has 9 nitrogen and oxygen atoms in total. The Morgan fingerprint density at radius 1 is 0.800 bits per heavy atom. The summed E-state index contributed by atoms with van der Waals surface area (Å²) >= 11 is 0. The summed E-state index contributed by atoms with van der Waals surface area (Å²) < 4.78 is 31.6. The molecule has 0 atom stereocenters. The summed E-state index contributed by atoms with van der Waals surface area (Å²) in [6.45, 7) is 0. The van der Waals surface area contributed by atoms with Gasteiger partial charge in [0.1, 0.15) is 0 Å². The zero-order valence-corrected chi connectivity index (χ0v) is 11.2. The quantitative estimate of drug-likeness (QED) is 0.375. The number of rotatable bonds is 3. The van der Waals surface area contributed by atoms with E-state index in [0.717, 1.165) is 0 Å². The van der Waals surface area contributed by atoms with Crippen LogP contribution in [0.4, 0.5) is 0 Å². The van der Waals surface area contributed by atoms with Gasteiger partial charge in [0.15, 0.2) is 0 Å². The van der Waals surface area contributed by atoms with E-state index >= 15 is 0 Å². The number of hydrogen-bond acceptors (Lipinski definition) is 5. The SMILES string of the molecule is CO[SiH](OC)OC.O=[P+](O)O.O=[P+](O)O. The van der Waals surface area contributed by atoms with Crippen LogP contribution >= 0.6 is 16.5 Å². The highest BCUT2D eigenvalue weighted by Gasteiger charge is 2.04. The predicted octanol–water partition coefficient (Wildman–Crippen LogP) is -1.10. The molecule has 0 saturated heterocycles. The molecule has 0 spiro atoms. The van der Waals surface area contributed by atoms with Gasteiger partial charge in [0.05, 0.1) is 0 Å². The first-order valence-electron chi connectivity index (χ1n) is 3.10. The van der Waals surface area contributed by atoms with E-state index in [-0.39, 0.29) is 0 Å². The first-order valence-corrected chi connectivity index (χ1v) is 6.84. The van der Waals surface area contributed by atoms with Crippen LogP contribution in [0.15, 0.2) is 0 Å². The Kier molecular flexibility index (Phi) is 22.7. The summed E-state index contributed by atoms with van der Waals surface area (Å²) in [5, 5.41) is 0. The third-order valence-electron chi connectivity index (χ3n) is 0.577. The van der Waals surface area contributed by atoms with Crippen molar-refractivity contribution in [3.05, 3.63) is 0 Å². The van der Waals surface area contributed by atoms with Gasteiger partial charge in [-0.2, -0.15) is 0 Å². The minimum atomic E-state index is -2.87. The van der Waals surface area contributed by atoms with E-state index in [1.54, 1.807) is 21.3 Å². The van der Waals surface area contributed by atoms with Crippen LogP contribution in [0.1, 0.15) is 0 Å². The lowest BCUT2D eigenvalue weighted by Gasteiger charge is -2.05. The van der Waals surface area contributed by atoms with Crippen LogP contribution < -0.4 is 0 Å². The molecule has 0 aliphatic heterocycles. The van der Waals surface area contributed by atoms with E-state index in [0.29, 0.717) is 0 Å². The summed E-state index contributed by atoms with van der Waals surface area (Å²) in [6, 6.07) is 0. The summed E-state index contributed by atoms with van der Waals surface area (Å²) in [4.78, 5) is 28.5. The van der Waals surface area contributed by atoms with Gasteiger partial charge < -0.3 is 13.3 Å². The first-order chi connectivity index (χ1) is 6.81. The van der Waals surface area contributed by atoms with Crippen LogP contribution in [0.3, 0.4) is 0 Å². The van der Waals surface area contributed by atoms with Crippen molar-refractivity contribution >= 4 is 26.0 Å². The van der Waals surface area contributed by atoms with Gasteiger partial charge in [-0.15, -0.1) is 19.6 Å². The van der Waals surface area contributed by atoms with Crippen molar-refractivity contribution < 1.29 is 42.0 Å². The molecule has 15 heavy (non-hydrogen) atoms. The van der Waals surface area contributed by atoms with Crippen LogP contribution in [-0.2, 0) is 22.4 Å². The third kappa shape index (κ3) is 55.3. The monoisotopic (exact) mass is 284 g/mol.